The first kappa shape index (κ1) is 15.2. The van der Waals surface area contributed by atoms with E-state index in [0.29, 0.717) is 18.2 Å². The molecule has 0 bridgehead atoms. The van der Waals surface area contributed by atoms with Gasteiger partial charge in [0.25, 0.3) is 0 Å². The number of hydrogen-bond acceptors (Lipinski definition) is 6. The van der Waals surface area contributed by atoms with E-state index in [4.69, 9.17) is 0 Å². The molecular weight excluding hydrogens is 368 g/mol. The highest BCUT2D eigenvalue weighted by atomic mass is 79.9. The van der Waals surface area contributed by atoms with E-state index < -0.39 is 9.84 Å². The Morgan fingerprint density at radius 2 is 2.05 bits per heavy atom. The van der Waals surface area contributed by atoms with Crippen LogP contribution in [0, 0.1) is 0 Å². The largest absolute Gasteiger partial charge is 0.350 e. The minimum Gasteiger partial charge on any atom is -0.350 e. The van der Waals surface area contributed by atoms with Crippen LogP contribution in [0.5, 0.6) is 0 Å². The van der Waals surface area contributed by atoms with Gasteiger partial charge in [-0.2, -0.15) is 4.98 Å². The minimum absolute atomic E-state index is 0.122. The molecule has 1 saturated heterocycles. The van der Waals surface area contributed by atoms with Gasteiger partial charge >= 0.3 is 0 Å². The zero-order valence-electron chi connectivity index (χ0n) is 11.7. The van der Waals surface area contributed by atoms with Gasteiger partial charge in [-0.05, 0) is 40.5 Å². The lowest BCUT2D eigenvalue weighted by Gasteiger charge is -2.12. The minimum atomic E-state index is -2.92. The molecule has 2 N–H and O–H groups in total. The number of rotatable bonds is 4. The maximum absolute atomic E-state index is 11.5. The quantitative estimate of drug-likeness (QED) is 0.845. The Labute approximate surface area is 137 Å². The molecule has 0 radical (unpaired) electrons. The van der Waals surface area contributed by atoms with Gasteiger partial charge in [-0.3, -0.25) is 0 Å². The van der Waals surface area contributed by atoms with Crippen LogP contribution in [0.3, 0.4) is 0 Å². The van der Waals surface area contributed by atoms with E-state index in [1.54, 1.807) is 12.3 Å². The van der Waals surface area contributed by atoms with Crippen molar-refractivity contribution in [3.05, 3.63) is 41.0 Å². The van der Waals surface area contributed by atoms with Crippen molar-refractivity contribution in [3.63, 3.8) is 0 Å². The molecule has 0 spiro atoms. The number of hydrogen-bond donors (Lipinski definition) is 2. The van der Waals surface area contributed by atoms with E-state index in [9.17, 15) is 8.42 Å². The summed E-state index contributed by atoms with van der Waals surface area (Å²) in [7, 11) is -2.92. The molecule has 3 rings (SSSR count). The summed E-state index contributed by atoms with van der Waals surface area (Å²) >= 11 is 3.47. The van der Waals surface area contributed by atoms with Crippen LogP contribution in [0.4, 0.5) is 17.5 Å². The number of nitrogens with one attached hydrogen (secondary N) is 2. The smallest absolute Gasteiger partial charge is 0.224 e. The molecular formula is C14H15BrN4O2S. The third-order valence-corrected chi connectivity index (χ3v) is 5.82. The van der Waals surface area contributed by atoms with Crippen LogP contribution in [0.1, 0.15) is 6.42 Å². The van der Waals surface area contributed by atoms with Crippen molar-refractivity contribution in [2.24, 2.45) is 0 Å². The number of halogens is 1. The second kappa shape index (κ2) is 6.21. The van der Waals surface area contributed by atoms with Crippen LogP contribution >= 0.6 is 15.9 Å². The van der Waals surface area contributed by atoms with Gasteiger partial charge < -0.3 is 10.6 Å². The van der Waals surface area contributed by atoms with Gasteiger partial charge in [0.15, 0.2) is 9.84 Å². The Morgan fingerprint density at radius 1 is 1.23 bits per heavy atom. The van der Waals surface area contributed by atoms with Crippen molar-refractivity contribution in [2.75, 3.05) is 22.1 Å². The fraction of sp³-hybridized carbons (Fsp3) is 0.286. The van der Waals surface area contributed by atoms with Crippen LogP contribution in [0.15, 0.2) is 41.0 Å². The molecule has 1 aromatic heterocycles. The van der Waals surface area contributed by atoms with Gasteiger partial charge in [-0.1, -0.05) is 12.1 Å². The Morgan fingerprint density at radius 3 is 2.77 bits per heavy atom. The summed E-state index contributed by atoms with van der Waals surface area (Å²) in [6.45, 7) is 0. The number of nitrogens with zero attached hydrogens (tertiary/aromatic N) is 2. The lowest BCUT2D eigenvalue weighted by atomic mass is 10.3. The molecule has 1 unspecified atom stereocenters. The first-order chi connectivity index (χ1) is 10.5. The summed E-state index contributed by atoms with van der Waals surface area (Å²) in [6, 6.07) is 9.37. The SMILES string of the molecule is O=S1(=O)CCC(Nc2nccc(Nc3ccccc3Br)n2)C1. The predicted octanol–water partition coefficient (Wildman–Crippen LogP) is 2.58. The normalized spacial score (nSPS) is 19.8. The molecule has 0 aliphatic carbocycles. The lowest BCUT2D eigenvalue weighted by Crippen LogP contribution is -2.22. The Hall–Kier alpha value is -1.67. The van der Waals surface area contributed by atoms with Crippen LogP contribution in [0.2, 0.25) is 0 Å². The van der Waals surface area contributed by atoms with Crippen LogP contribution < -0.4 is 10.6 Å². The van der Waals surface area contributed by atoms with Crippen molar-refractivity contribution in [1.82, 2.24) is 9.97 Å². The van der Waals surface area contributed by atoms with Gasteiger partial charge in [-0.15, -0.1) is 0 Å². The van der Waals surface area contributed by atoms with Gasteiger partial charge in [-0.25, -0.2) is 13.4 Å². The molecule has 116 valence electrons. The van der Waals surface area contributed by atoms with E-state index in [-0.39, 0.29) is 17.5 Å². The highest BCUT2D eigenvalue weighted by Gasteiger charge is 2.28. The maximum Gasteiger partial charge on any atom is 0.224 e. The summed E-state index contributed by atoms with van der Waals surface area (Å²) in [6.07, 6.45) is 2.23. The third-order valence-electron chi connectivity index (χ3n) is 3.36. The van der Waals surface area contributed by atoms with Gasteiger partial charge in [0, 0.05) is 16.7 Å². The monoisotopic (exact) mass is 382 g/mol. The molecule has 1 aliphatic rings. The second-order valence-corrected chi connectivity index (χ2v) is 8.20. The van der Waals surface area contributed by atoms with Crippen LogP contribution in [0.25, 0.3) is 0 Å². The van der Waals surface area contributed by atoms with Gasteiger partial charge in [0.05, 0.1) is 17.2 Å². The molecule has 6 nitrogen and oxygen atoms in total. The first-order valence-corrected chi connectivity index (χ1v) is 9.45. The summed E-state index contributed by atoms with van der Waals surface area (Å²) in [5, 5.41) is 6.28. The standard InChI is InChI=1S/C14H15BrN4O2S/c15-11-3-1-2-4-12(11)18-13-5-7-16-14(19-13)17-10-6-8-22(20,21)9-10/h1-5,7,10H,6,8-9H2,(H2,16,17,18,19). The number of aromatic nitrogens is 2. The second-order valence-electron chi connectivity index (χ2n) is 5.11. The summed E-state index contributed by atoms with van der Waals surface area (Å²) < 4.78 is 23.9. The molecule has 2 aromatic rings. The maximum atomic E-state index is 11.5. The molecule has 1 atom stereocenters. The van der Waals surface area contributed by atoms with Gasteiger partial charge in [0.1, 0.15) is 5.82 Å². The summed E-state index contributed by atoms with van der Waals surface area (Å²) in [4.78, 5) is 8.52. The average Bonchev–Trinajstić information content (AvgIpc) is 2.81. The Balaban J connectivity index is 1.72. The summed E-state index contributed by atoms with van der Waals surface area (Å²) in [5.41, 5.74) is 0.899. The van der Waals surface area contributed by atoms with Crippen LogP contribution in [-0.4, -0.2) is 35.9 Å². The fourth-order valence-electron chi connectivity index (χ4n) is 2.29. The highest BCUT2D eigenvalue weighted by Crippen LogP contribution is 2.24. The number of anilines is 3. The van der Waals surface area contributed by atoms with Crippen molar-refractivity contribution in [1.29, 1.82) is 0 Å². The first-order valence-electron chi connectivity index (χ1n) is 6.83. The zero-order chi connectivity index (χ0) is 15.6. The van der Waals surface area contributed by atoms with Crippen LogP contribution in [-0.2, 0) is 9.84 Å². The van der Waals surface area contributed by atoms with E-state index in [1.807, 2.05) is 24.3 Å². The van der Waals surface area contributed by atoms with E-state index >= 15 is 0 Å². The van der Waals surface area contributed by atoms with Crippen molar-refractivity contribution in [2.45, 2.75) is 12.5 Å². The number of para-hydroxylation sites is 1. The van der Waals surface area contributed by atoms with E-state index in [1.165, 1.54) is 0 Å². The Kier molecular flexibility index (Phi) is 4.30. The van der Waals surface area contributed by atoms with Crippen molar-refractivity contribution >= 4 is 43.2 Å². The van der Waals surface area contributed by atoms with Gasteiger partial charge in [0.2, 0.25) is 5.95 Å². The van der Waals surface area contributed by atoms with E-state index in [2.05, 4.69) is 36.5 Å². The highest BCUT2D eigenvalue weighted by molar-refractivity contribution is 9.10. The van der Waals surface area contributed by atoms with Crippen molar-refractivity contribution < 1.29 is 8.42 Å². The molecule has 1 aromatic carbocycles. The third kappa shape index (κ3) is 3.75. The zero-order valence-corrected chi connectivity index (χ0v) is 14.1. The topological polar surface area (TPSA) is 84.0 Å². The lowest BCUT2D eigenvalue weighted by molar-refractivity contribution is 0.602. The van der Waals surface area contributed by atoms with Crippen molar-refractivity contribution in [3.8, 4) is 0 Å². The molecule has 22 heavy (non-hydrogen) atoms. The fourth-order valence-corrected chi connectivity index (χ4v) is 4.35. The summed E-state index contributed by atoms with van der Waals surface area (Å²) in [5.74, 6) is 1.43. The molecule has 2 heterocycles. The molecule has 1 fully saturated rings. The molecule has 0 amide bonds. The molecule has 0 saturated carbocycles. The number of benzene rings is 1. The predicted molar refractivity (Wildman–Crippen MR) is 90.1 cm³/mol. The Bertz CT molecular complexity index is 782. The average molecular weight is 383 g/mol. The molecule has 1 aliphatic heterocycles. The number of sulfone groups is 1. The molecule has 8 heteroatoms. The van der Waals surface area contributed by atoms with E-state index in [0.717, 1.165) is 10.2 Å².